The molecule has 23 heavy (non-hydrogen) atoms. The maximum absolute atomic E-state index is 11.3. The molecule has 0 aromatic carbocycles. The third-order valence-electron chi connectivity index (χ3n) is 2.82. The van der Waals surface area contributed by atoms with Gasteiger partial charge in [0.25, 0.3) is 11.8 Å². The minimum absolute atomic E-state index is 0.0378. The molecule has 1 rings (SSSR count). The van der Waals surface area contributed by atoms with Crippen molar-refractivity contribution in [2.45, 2.75) is 39.4 Å². The average Bonchev–Trinajstić information content (AvgIpc) is 2.83. The van der Waals surface area contributed by atoms with E-state index in [-0.39, 0.29) is 32.3 Å². The van der Waals surface area contributed by atoms with Gasteiger partial charge < -0.3 is 18.9 Å². The molecule has 0 unspecified atom stereocenters. The molecule has 9 heteroatoms. The van der Waals surface area contributed by atoms with E-state index in [1.165, 1.54) is 0 Å². The Hall–Kier alpha value is -1.71. The molecule has 1 fully saturated rings. The Morgan fingerprint density at radius 2 is 1.65 bits per heavy atom. The van der Waals surface area contributed by atoms with E-state index < -0.39 is 18.0 Å². The van der Waals surface area contributed by atoms with Crippen molar-refractivity contribution in [3.63, 3.8) is 0 Å². The van der Waals surface area contributed by atoms with Crippen LogP contribution in [0.2, 0.25) is 0 Å². The van der Waals surface area contributed by atoms with Crippen LogP contribution in [0.25, 0.3) is 0 Å². The number of imide groups is 1. The van der Waals surface area contributed by atoms with Crippen molar-refractivity contribution in [1.29, 1.82) is 0 Å². The summed E-state index contributed by atoms with van der Waals surface area (Å²) in [4.78, 5) is 38.3. The minimum atomic E-state index is -1.11. The van der Waals surface area contributed by atoms with E-state index >= 15 is 0 Å². The summed E-state index contributed by atoms with van der Waals surface area (Å²) >= 11 is 0. The Kier molecular flexibility index (Phi) is 9.18. The molecular weight excluding hydrogens is 310 g/mol. The lowest BCUT2D eigenvalue weighted by Crippen LogP contribution is -2.32. The SMILES string of the molecule is CCOC(CCOCCOC(=O)ON1C(=O)CCC1=O)OCC. The first-order chi connectivity index (χ1) is 11.1. The number of ether oxygens (including phenoxy) is 4. The molecule has 0 radical (unpaired) electrons. The van der Waals surface area contributed by atoms with Crippen LogP contribution in [-0.2, 0) is 33.4 Å². The normalized spacial score (nSPS) is 14.7. The van der Waals surface area contributed by atoms with E-state index in [4.69, 9.17) is 18.9 Å². The minimum Gasteiger partial charge on any atom is -0.430 e. The number of carbonyl (C=O) groups is 3. The van der Waals surface area contributed by atoms with Gasteiger partial charge in [0.1, 0.15) is 6.61 Å². The topological polar surface area (TPSA) is 101 Å². The van der Waals surface area contributed by atoms with Crippen molar-refractivity contribution in [2.24, 2.45) is 0 Å². The molecule has 1 saturated heterocycles. The first kappa shape index (κ1) is 19.3. The lowest BCUT2D eigenvalue weighted by Gasteiger charge is -2.16. The van der Waals surface area contributed by atoms with Gasteiger partial charge in [0.05, 0.1) is 13.2 Å². The van der Waals surface area contributed by atoms with Gasteiger partial charge in [0.15, 0.2) is 6.29 Å². The van der Waals surface area contributed by atoms with Crippen molar-refractivity contribution in [1.82, 2.24) is 5.06 Å². The second-order valence-electron chi connectivity index (χ2n) is 4.51. The van der Waals surface area contributed by atoms with Gasteiger partial charge in [-0.15, -0.1) is 0 Å². The van der Waals surface area contributed by atoms with E-state index in [2.05, 4.69) is 4.84 Å². The number of carbonyl (C=O) groups excluding carboxylic acids is 3. The first-order valence-electron chi connectivity index (χ1n) is 7.59. The third-order valence-corrected chi connectivity index (χ3v) is 2.82. The Bertz CT molecular complexity index is 378. The molecule has 2 amide bonds. The van der Waals surface area contributed by atoms with E-state index in [9.17, 15) is 14.4 Å². The zero-order chi connectivity index (χ0) is 17.1. The van der Waals surface area contributed by atoms with Gasteiger partial charge >= 0.3 is 6.16 Å². The number of rotatable bonds is 11. The number of hydroxylamine groups is 2. The highest BCUT2D eigenvalue weighted by molar-refractivity contribution is 6.01. The molecule has 9 nitrogen and oxygen atoms in total. The van der Waals surface area contributed by atoms with Crippen molar-refractivity contribution in [2.75, 3.05) is 33.0 Å². The molecule has 1 aliphatic heterocycles. The maximum atomic E-state index is 11.3. The van der Waals surface area contributed by atoms with Crippen molar-refractivity contribution in [3.8, 4) is 0 Å². The molecular formula is C14H23NO8. The number of hydrogen-bond acceptors (Lipinski definition) is 8. The van der Waals surface area contributed by atoms with Crippen LogP contribution in [0.3, 0.4) is 0 Å². The standard InChI is InChI=1S/C14H23NO8/c1-3-20-13(21-4-2)7-8-19-9-10-22-14(18)23-15-11(16)5-6-12(15)17/h13H,3-10H2,1-2H3. The van der Waals surface area contributed by atoms with E-state index in [1.807, 2.05) is 13.8 Å². The lowest BCUT2D eigenvalue weighted by atomic mass is 10.4. The van der Waals surface area contributed by atoms with Crippen LogP contribution in [0.15, 0.2) is 0 Å². The molecule has 1 aliphatic rings. The van der Waals surface area contributed by atoms with Crippen molar-refractivity contribution < 1.29 is 38.2 Å². The maximum Gasteiger partial charge on any atom is 0.534 e. The first-order valence-corrected chi connectivity index (χ1v) is 7.59. The summed E-state index contributed by atoms with van der Waals surface area (Å²) in [7, 11) is 0. The molecule has 0 bridgehead atoms. The molecule has 0 aromatic heterocycles. The van der Waals surface area contributed by atoms with Gasteiger partial charge in [-0.05, 0) is 13.8 Å². The van der Waals surface area contributed by atoms with Crippen LogP contribution in [0.4, 0.5) is 4.79 Å². The van der Waals surface area contributed by atoms with E-state index in [0.717, 1.165) is 0 Å². The van der Waals surface area contributed by atoms with E-state index in [0.29, 0.717) is 31.3 Å². The van der Waals surface area contributed by atoms with Gasteiger partial charge in [-0.1, -0.05) is 5.06 Å². The van der Waals surface area contributed by atoms with E-state index in [1.54, 1.807) is 0 Å². The molecule has 0 N–H and O–H groups in total. The summed E-state index contributed by atoms with van der Waals surface area (Å²) in [5.41, 5.74) is 0. The molecule has 0 saturated carbocycles. The summed E-state index contributed by atoms with van der Waals surface area (Å²) in [5.74, 6) is -1.11. The smallest absolute Gasteiger partial charge is 0.430 e. The van der Waals surface area contributed by atoms with Crippen LogP contribution in [-0.4, -0.2) is 62.4 Å². The van der Waals surface area contributed by atoms with Crippen molar-refractivity contribution in [3.05, 3.63) is 0 Å². The quantitative estimate of drug-likeness (QED) is 0.239. The monoisotopic (exact) mass is 333 g/mol. The second-order valence-corrected chi connectivity index (χ2v) is 4.51. The van der Waals surface area contributed by atoms with Crippen molar-refractivity contribution >= 4 is 18.0 Å². The average molecular weight is 333 g/mol. The summed E-state index contributed by atoms with van der Waals surface area (Å²) in [6.07, 6.45) is -0.795. The largest absolute Gasteiger partial charge is 0.534 e. The fourth-order valence-electron chi connectivity index (χ4n) is 1.81. The van der Waals surface area contributed by atoms with Gasteiger partial charge in [0.2, 0.25) is 0 Å². The molecule has 0 aliphatic carbocycles. The predicted molar refractivity (Wildman–Crippen MR) is 76.0 cm³/mol. The lowest BCUT2D eigenvalue weighted by molar-refractivity contribution is -0.177. The van der Waals surface area contributed by atoms with Gasteiger partial charge in [-0.3, -0.25) is 14.4 Å². The number of nitrogens with zero attached hydrogens (tertiary/aromatic N) is 1. The van der Waals surface area contributed by atoms with Crippen LogP contribution in [0, 0.1) is 0 Å². The van der Waals surface area contributed by atoms with Crippen LogP contribution in [0.1, 0.15) is 33.1 Å². The number of amides is 2. The Labute approximate surface area is 134 Å². The third kappa shape index (κ3) is 7.40. The van der Waals surface area contributed by atoms with Gasteiger partial charge in [0, 0.05) is 32.5 Å². The summed E-state index contributed by atoms with van der Waals surface area (Å²) in [5, 5.41) is 0.429. The summed E-state index contributed by atoms with van der Waals surface area (Å²) in [6.45, 7) is 5.34. The zero-order valence-corrected chi connectivity index (χ0v) is 13.4. The zero-order valence-electron chi connectivity index (χ0n) is 13.4. The van der Waals surface area contributed by atoms with Gasteiger partial charge in [-0.2, -0.15) is 0 Å². The highest BCUT2D eigenvalue weighted by Gasteiger charge is 2.33. The van der Waals surface area contributed by atoms with Gasteiger partial charge in [-0.25, -0.2) is 4.79 Å². The number of hydrogen-bond donors (Lipinski definition) is 0. The predicted octanol–water partition coefficient (Wildman–Crippen LogP) is 1.01. The van der Waals surface area contributed by atoms with Crippen LogP contribution < -0.4 is 0 Å². The summed E-state index contributed by atoms with van der Waals surface area (Å²) < 4.78 is 20.7. The Morgan fingerprint density at radius 1 is 1.04 bits per heavy atom. The van der Waals surface area contributed by atoms with Crippen LogP contribution in [0.5, 0.6) is 0 Å². The summed E-state index contributed by atoms with van der Waals surface area (Å²) in [6, 6.07) is 0. The van der Waals surface area contributed by atoms with Crippen LogP contribution >= 0.6 is 0 Å². The second kappa shape index (κ2) is 10.9. The Morgan fingerprint density at radius 3 is 2.22 bits per heavy atom. The Balaban J connectivity index is 2.07. The molecule has 0 atom stereocenters. The molecule has 132 valence electrons. The fourth-order valence-corrected chi connectivity index (χ4v) is 1.81. The molecule has 1 heterocycles. The fraction of sp³-hybridized carbons (Fsp3) is 0.786. The highest BCUT2D eigenvalue weighted by atomic mass is 16.8. The molecule has 0 aromatic rings. The highest BCUT2D eigenvalue weighted by Crippen LogP contribution is 2.12. The molecule has 0 spiro atoms.